The molecule has 0 saturated carbocycles. The third kappa shape index (κ3) is 5.11. The summed E-state index contributed by atoms with van der Waals surface area (Å²) in [6.45, 7) is 4.94. The number of sulfonamides is 1. The lowest BCUT2D eigenvalue weighted by molar-refractivity contribution is 0.0828. The van der Waals surface area contributed by atoms with Crippen molar-refractivity contribution in [3.63, 3.8) is 0 Å². The molecule has 4 rings (SSSR count). The summed E-state index contributed by atoms with van der Waals surface area (Å²) in [5.74, 6) is 1.09. The van der Waals surface area contributed by atoms with Crippen molar-refractivity contribution in [1.29, 1.82) is 0 Å². The number of hydrogen-bond acceptors (Lipinski definition) is 4. The van der Waals surface area contributed by atoms with Gasteiger partial charge in [0.2, 0.25) is 10.0 Å². The summed E-state index contributed by atoms with van der Waals surface area (Å²) in [4.78, 5) is 16.5. The standard InChI is InChI=1S/C26H34ClN3O3S/c1-19-6-4-5-7-25(19)34(32,33)30-16-12-21(13-17-30)20-10-14-29(15-11-20)22-8-9-23(24(27)18-22)26(31)28(2)3/h4-9,18,20-21H,10-17H2,1-3H3. The molecule has 8 heteroatoms. The van der Waals surface area contributed by atoms with Crippen molar-refractivity contribution in [3.05, 3.63) is 58.6 Å². The molecule has 0 bridgehead atoms. The fourth-order valence-electron chi connectivity index (χ4n) is 5.32. The molecule has 0 unspecified atom stereocenters. The average Bonchev–Trinajstić information content (AvgIpc) is 2.84. The number of amides is 1. The highest BCUT2D eigenvalue weighted by molar-refractivity contribution is 7.89. The highest BCUT2D eigenvalue weighted by atomic mass is 35.5. The molecule has 0 spiro atoms. The summed E-state index contributed by atoms with van der Waals surface area (Å²) >= 11 is 6.41. The van der Waals surface area contributed by atoms with Gasteiger partial charge in [0.15, 0.2) is 0 Å². The van der Waals surface area contributed by atoms with Crippen LogP contribution in [0.5, 0.6) is 0 Å². The van der Waals surface area contributed by atoms with E-state index in [1.54, 1.807) is 30.5 Å². The Morgan fingerprint density at radius 3 is 2.09 bits per heavy atom. The van der Waals surface area contributed by atoms with Gasteiger partial charge >= 0.3 is 0 Å². The van der Waals surface area contributed by atoms with Gasteiger partial charge in [-0.25, -0.2) is 8.42 Å². The van der Waals surface area contributed by atoms with Gasteiger partial charge in [-0.05, 0) is 74.3 Å². The van der Waals surface area contributed by atoms with Gasteiger partial charge in [0.05, 0.1) is 15.5 Å². The zero-order valence-corrected chi connectivity index (χ0v) is 21.8. The van der Waals surface area contributed by atoms with E-state index in [0.29, 0.717) is 40.4 Å². The number of halogens is 1. The number of nitrogens with zero attached hydrogens (tertiary/aromatic N) is 3. The lowest BCUT2D eigenvalue weighted by Crippen LogP contribution is -2.43. The molecule has 1 amide bonds. The summed E-state index contributed by atoms with van der Waals surface area (Å²) in [6, 6.07) is 12.9. The predicted octanol–water partition coefficient (Wildman–Crippen LogP) is 4.67. The quantitative estimate of drug-likeness (QED) is 0.595. The van der Waals surface area contributed by atoms with Crippen LogP contribution in [0.3, 0.4) is 0 Å². The van der Waals surface area contributed by atoms with Crippen LogP contribution in [-0.4, -0.2) is 63.8 Å². The minimum Gasteiger partial charge on any atom is -0.371 e. The second-order valence-electron chi connectivity index (χ2n) is 9.70. The largest absolute Gasteiger partial charge is 0.371 e. The van der Waals surface area contributed by atoms with Crippen molar-refractivity contribution in [2.45, 2.75) is 37.5 Å². The molecule has 0 aliphatic carbocycles. The molecule has 2 heterocycles. The Labute approximate surface area is 208 Å². The Bertz CT molecular complexity index is 1140. The molecule has 2 aliphatic rings. The molecule has 2 aromatic carbocycles. The van der Waals surface area contributed by atoms with E-state index in [9.17, 15) is 13.2 Å². The molecule has 184 valence electrons. The van der Waals surface area contributed by atoms with E-state index in [1.165, 1.54) is 4.90 Å². The number of carbonyl (C=O) groups is 1. The van der Waals surface area contributed by atoms with Crippen LogP contribution >= 0.6 is 11.6 Å². The maximum absolute atomic E-state index is 13.1. The second kappa shape index (κ2) is 10.3. The molecule has 0 radical (unpaired) electrons. The van der Waals surface area contributed by atoms with Crippen molar-refractivity contribution in [2.24, 2.45) is 11.8 Å². The SMILES string of the molecule is Cc1ccccc1S(=O)(=O)N1CCC(C2CCN(c3ccc(C(=O)N(C)C)c(Cl)c3)CC2)CC1. The summed E-state index contributed by atoms with van der Waals surface area (Å²) in [5, 5.41) is 0.487. The van der Waals surface area contributed by atoms with Gasteiger partial charge in [0, 0.05) is 46.0 Å². The summed E-state index contributed by atoms with van der Waals surface area (Å²) < 4.78 is 27.9. The van der Waals surface area contributed by atoms with Gasteiger partial charge in [0.1, 0.15) is 0 Å². The minimum atomic E-state index is -3.43. The highest BCUT2D eigenvalue weighted by Gasteiger charge is 2.34. The lowest BCUT2D eigenvalue weighted by Gasteiger charge is -2.40. The van der Waals surface area contributed by atoms with Crippen LogP contribution in [0.25, 0.3) is 0 Å². The Hall–Kier alpha value is -2.09. The first-order valence-electron chi connectivity index (χ1n) is 12.0. The van der Waals surface area contributed by atoms with Crippen LogP contribution < -0.4 is 4.90 Å². The first-order chi connectivity index (χ1) is 16.2. The van der Waals surface area contributed by atoms with E-state index in [4.69, 9.17) is 11.6 Å². The Morgan fingerprint density at radius 2 is 1.53 bits per heavy atom. The molecule has 2 aliphatic heterocycles. The maximum atomic E-state index is 13.1. The molecule has 2 aromatic rings. The topological polar surface area (TPSA) is 60.9 Å². The molecule has 2 fully saturated rings. The molecule has 0 N–H and O–H groups in total. The smallest absolute Gasteiger partial charge is 0.254 e. The molecule has 0 atom stereocenters. The van der Waals surface area contributed by atoms with E-state index in [0.717, 1.165) is 50.0 Å². The van der Waals surface area contributed by atoms with Crippen LogP contribution in [0.4, 0.5) is 5.69 Å². The lowest BCUT2D eigenvalue weighted by atomic mass is 9.79. The van der Waals surface area contributed by atoms with Gasteiger partial charge < -0.3 is 9.80 Å². The first-order valence-corrected chi connectivity index (χ1v) is 13.8. The number of benzene rings is 2. The van der Waals surface area contributed by atoms with E-state index in [1.807, 2.05) is 37.3 Å². The van der Waals surface area contributed by atoms with Gasteiger partial charge in [-0.1, -0.05) is 29.8 Å². The zero-order chi connectivity index (χ0) is 24.5. The first kappa shape index (κ1) is 25.0. The maximum Gasteiger partial charge on any atom is 0.254 e. The normalized spacial score (nSPS) is 18.8. The van der Waals surface area contributed by atoms with Crippen molar-refractivity contribution in [1.82, 2.24) is 9.21 Å². The van der Waals surface area contributed by atoms with Gasteiger partial charge in [-0.15, -0.1) is 0 Å². The van der Waals surface area contributed by atoms with E-state index >= 15 is 0 Å². The summed E-state index contributed by atoms with van der Waals surface area (Å²) in [7, 11) is 0.0190. The number of anilines is 1. The van der Waals surface area contributed by atoms with Crippen molar-refractivity contribution in [2.75, 3.05) is 45.2 Å². The second-order valence-corrected chi connectivity index (χ2v) is 12.0. The van der Waals surface area contributed by atoms with Crippen LogP contribution in [0.15, 0.2) is 47.4 Å². The average molecular weight is 504 g/mol. The third-order valence-electron chi connectivity index (χ3n) is 7.37. The zero-order valence-electron chi connectivity index (χ0n) is 20.2. The Kier molecular flexibility index (Phi) is 7.55. The fraction of sp³-hybridized carbons (Fsp3) is 0.500. The number of carbonyl (C=O) groups excluding carboxylic acids is 1. The van der Waals surface area contributed by atoms with Crippen molar-refractivity contribution >= 4 is 33.2 Å². The molecular formula is C26H34ClN3O3S. The van der Waals surface area contributed by atoms with E-state index in [-0.39, 0.29) is 5.91 Å². The van der Waals surface area contributed by atoms with Gasteiger partial charge in [0.25, 0.3) is 5.91 Å². The predicted molar refractivity (Wildman–Crippen MR) is 137 cm³/mol. The number of rotatable bonds is 5. The Morgan fingerprint density at radius 1 is 0.941 bits per heavy atom. The summed E-state index contributed by atoms with van der Waals surface area (Å²) in [6.07, 6.45) is 4.02. The van der Waals surface area contributed by atoms with Gasteiger partial charge in [-0.2, -0.15) is 4.31 Å². The van der Waals surface area contributed by atoms with Gasteiger partial charge in [-0.3, -0.25) is 4.79 Å². The van der Waals surface area contributed by atoms with Crippen molar-refractivity contribution < 1.29 is 13.2 Å². The van der Waals surface area contributed by atoms with E-state index < -0.39 is 10.0 Å². The molecule has 34 heavy (non-hydrogen) atoms. The molecule has 0 aromatic heterocycles. The highest BCUT2D eigenvalue weighted by Crippen LogP contribution is 2.36. The minimum absolute atomic E-state index is 0.0916. The number of piperidine rings is 2. The Balaban J connectivity index is 1.32. The van der Waals surface area contributed by atoms with Crippen LogP contribution in [0, 0.1) is 18.8 Å². The molecule has 6 nitrogen and oxygen atoms in total. The van der Waals surface area contributed by atoms with Crippen LogP contribution in [-0.2, 0) is 10.0 Å². The van der Waals surface area contributed by atoms with Crippen molar-refractivity contribution in [3.8, 4) is 0 Å². The third-order valence-corrected chi connectivity index (χ3v) is 9.74. The molecular weight excluding hydrogens is 470 g/mol. The number of hydrogen-bond donors (Lipinski definition) is 0. The van der Waals surface area contributed by atoms with E-state index in [2.05, 4.69) is 4.90 Å². The summed E-state index contributed by atoms with van der Waals surface area (Å²) in [5.41, 5.74) is 2.38. The fourth-order valence-corrected chi connectivity index (χ4v) is 7.27. The number of aryl methyl sites for hydroxylation is 1. The molecule has 2 saturated heterocycles. The van der Waals surface area contributed by atoms with Crippen LogP contribution in [0.2, 0.25) is 5.02 Å². The van der Waals surface area contributed by atoms with Crippen LogP contribution in [0.1, 0.15) is 41.6 Å². The monoisotopic (exact) mass is 503 g/mol.